The smallest absolute Gasteiger partial charge is 0.337 e. The third-order valence-corrected chi connectivity index (χ3v) is 4.95. The number of hydrogen-bond donors (Lipinski definition) is 2. The minimum atomic E-state index is -1.09. The van der Waals surface area contributed by atoms with Gasteiger partial charge in [0, 0.05) is 5.69 Å². The Bertz CT molecular complexity index is 980. The molecule has 3 rings (SSSR count). The first-order valence-corrected chi connectivity index (χ1v) is 9.37. The van der Waals surface area contributed by atoms with Crippen molar-refractivity contribution >= 4 is 17.3 Å². The van der Waals surface area contributed by atoms with E-state index in [0.717, 1.165) is 31.0 Å². The Morgan fingerprint density at radius 1 is 0.893 bits per heavy atom. The van der Waals surface area contributed by atoms with Gasteiger partial charge in [-0.3, -0.25) is 0 Å². The number of carboxylic acid groups (broad SMARTS) is 1. The first-order valence-electron chi connectivity index (χ1n) is 9.37. The molecule has 3 aromatic carbocycles. The predicted octanol–water partition coefficient (Wildman–Crippen LogP) is 6.06. The van der Waals surface area contributed by atoms with E-state index in [1.54, 1.807) is 0 Å². The third kappa shape index (κ3) is 4.97. The summed E-state index contributed by atoms with van der Waals surface area (Å²) in [6.07, 6.45) is 3.06. The molecule has 0 aliphatic heterocycles. The highest BCUT2D eigenvalue weighted by Crippen LogP contribution is 2.23. The van der Waals surface area contributed by atoms with Gasteiger partial charge in [0.2, 0.25) is 0 Å². The standard InChI is InChI=1S/C24H24FNO2/c1-16-6-7-19(14-17(16)2)5-3-4-18-8-11-21(12-9-18)26-23-15-20(25)10-13-22(23)24(27)28/h6-15,26H,3-5H2,1-2H3,(H,27,28). The van der Waals surface area contributed by atoms with Crippen molar-refractivity contribution in [1.29, 1.82) is 0 Å². The molecule has 0 unspecified atom stereocenters. The van der Waals surface area contributed by atoms with Crippen LogP contribution in [0.15, 0.2) is 60.7 Å². The summed E-state index contributed by atoms with van der Waals surface area (Å²) in [5.74, 6) is -1.57. The molecule has 0 saturated heterocycles. The lowest BCUT2D eigenvalue weighted by Crippen LogP contribution is -2.03. The monoisotopic (exact) mass is 377 g/mol. The number of hydrogen-bond acceptors (Lipinski definition) is 2. The van der Waals surface area contributed by atoms with Crippen molar-refractivity contribution in [3.8, 4) is 0 Å². The van der Waals surface area contributed by atoms with E-state index in [4.69, 9.17) is 0 Å². The normalized spacial score (nSPS) is 10.7. The molecule has 3 aromatic rings. The number of rotatable bonds is 7. The Morgan fingerprint density at radius 3 is 2.25 bits per heavy atom. The molecule has 0 bridgehead atoms. The topological polar surface area (TPSA) is 49.3 Å². The number of carboxylic acids is 1. The molecule has 0 heterocycles. The molecule has 0 aliphatic rings. The van der Waals surface area contributed by atoms with Gasteiger partial charge in [-0.1, -0.05) is 30.3 Å². The molecule has 28 heavy (non-hydrogen) atoms. The lowest BCUT2D eigenvalue weighted by atomic mass is 10.0. The SMILES string of the molecule is Cc1ccc(CCCc2ccc(Nc3cc(F)ccc3C(=O)O)cc2)cc1C. The van der Waals surface area contributed by atoms with Crippen LogP contribution in [-0.2, 0) is 12.8 Å². The quantitative estimate of drug-likeness (QED) is 0.526. The van der Waals surface area contributed by atoms with E-state index in [9.17, 15) is 14.3 Å². The second kappa shape index (κ2) is 8.70. The van der Waals surface area contributed by atoms with Gasteiger partial charge in [-0.05, 0) is 85.7 Å². The molecule has 0 saturated carbocycles. The van der Waals surface area contributed by atoms with Gasteiger partial charge in [-0.2, -0.15) is 0 Å². The lowest BCUT2D eigenvalue weighted by molar-refractivity contribution is 0.0698. The van der Waals surface area contributed by atoms with E-state index in [1.165, 1.54) is 34.4 Å². The van der Waals surface area contributed by atoms with Crippen LogP contribution in [0, 0.1) is 19.7 Å². The van der Waals surface area contributed by atoms with E-state index >= 15 is 0 Å². The van der Waals surface area contributed by atoms with Gasteiger partial charge < -0.3 is 10.4 Å². The van der Waals surface area contributed by atoms with Crippen molar-refractivity contribution in [3.63, 3.8) is 0 Å². The summed E-state index contributed by atoms with van der Waals surface area (Å²) in [6, 6.07) is 18.0. The summed E-state index contributed by atoms with van der Waals surface area (Å²) in [6.45, 7) is 4.26. The lowest BCUT2D eigenvalue weighted by Gasteiger charge is -2.11. The van der Waals surface area contributed by atoms with Crippen molar-refractivity contribution < 1.29 is 14.3 Å². The van der Waals surface area contributed by atoms with Crippen molar-refractivity contribution in [3.05, 3.63) is 94.3 Å². The summed E-state index contributed by atoms with van der Waals surface area (Å²) in [5, 5.41) is 12.2. The largest absolute Gasteiger partial charge is 0.478 e. The highest BCUT2D eigenvalue weighted by atomic mass is 19.1. The van der Waals surface area contributed by atoms with Crippen molar-refractivity contribution in [2.75, 3.05) is 5.32 Å². The van der Waals surface area contributed by atoms with E-state index < -0.39 is 11.8 Å². The first kappa shape index (κ1) is 19.6. The fraction of sp³-hybridized carbons (Fsp3) is 0.208. The molecular formula is C24H24FNO2. The number of nitrogens with one attached hydrogen (secondary N) is 1. The number of aryl methyl sites for hydroxylation is 4. The number of aromatic carboxylic acids is 1. The molecule has 3 nitrogen and oxygen atoms in total. The van der Waals surface area contributed by atoms with Crippen molar-refractivity contribution in [2.45, 2.75) is 33.1 Å². The van der Waals surface area contributed by atoms with Gasteiger partial charge in [0.05, 0.1) is 11.3 Å². The molecule has 2 N–H and O–H groups in total. The van der Waals surface area contributed by atoms with Gasteiger partial charge in [0.25, 0.3) is 0 Å². The maximum absolute atomic E-state index is 13.5. The highest BCUT2D eigenvalue weighted by Gasteiger charge is 2.11. The minimum absolute atomic E-state index is 0.0406. The van der Waals surface area contributed by atoms with E-state index in [0.29, 0.717) is 0 Å². The van der Waals surface area contributed by atoms with Crippen LogP contribution in [0.2, 0.25) is 0 Å². The molecule has 0 atom stereocenters. The van der Waals surface area contributed by atoms with E-state index in [-0.39, 0.29) is 11.3 Å². The zero-order valence-electron chi connectivity index (χ0n) is 16.1. The fourth-order valence-electron chi connectivity index (χ4n) is 3.17. The summed E-state index contributed by atoms with van der Waals surface area (Å²) < 4.78 is 13.5. The number of carbonyl (C=O) groups is 1. The zero-order chi connectivity index (χ0) is 20.1. The molecule has 0 spiro atoms. The maximum Gasteiger partial charge on any atom is 0.337 e. The Balaban J connectivity index is 1.60. The second-order valence-corrected chi connectivity index (χ2v) is 7.09. The molecule has 0 fully saturated rings. The first-order chi connectivity index (χ1) is 13.4. The second-order valence-electron chi connectivity index (χ2n) is 7.09. The third-order valence-electron chi connectivity index (χ3n) is 4.95. The van der Waals surface area contributed by atoms with Crippen LogP contribution in [0.3, 0.4) is 0 Å². The van der Waals surface area contributed by atoms with Crippen molar-refractivity contribution in [2.24, 2.45) is 0 Å². The highest BCUT2D eigenvalue weighted by molar-refractivity contribution is 5.95. The van der Waals surface area contributed by atoms with Crippen LogP contribution in [0.5, 0.6) is 0 Å². The van der Waals surface area contributed by atoms with Gasteiger partial charge in [-0.15, -0.1) is 0 Å². The molecule has 0 radical (unpaired) electrons. The molecule has 144 valence electrons. The Kier molecular flexibility index (Phi) is 6.09. The fourth-order valence-corrected chi connectivity index (χ4v) is 3.17. The van der Waals surface area contributed by atoms with Gasteiger partial charge in [0.1, 0.15) is 5.82 Å². The molecule has 0 aromatic heterocycles. The van der Waals surface area contributed by atoms with Crippen LogP contribution in [0.4, 0.5) is 15.8 Å². The van der Waals surface area contributed by atoms with Crippen LogP contribution in [0.1, 0.15) is 39.0 Å². The van der Waals surface area contributed by atoms with E-state index in [1.807, 2.05) is 24.3 Å². The number of anilines is 2. The Labute approximate surface area is 164 Å². The summed E-state index contributed by atoms with van der Waals surface area (Å²) >= 11 is 0. The van der Waals surface area contributed by atoms with Crippen LogP contribution in [-0.4, -0.2) is 11.1 Å². The summed E-state index contributed by atoms with van der Waals surface area (Å²) in [5.41, 5.74) is 6.22. The molecule has 4 heteroatoms. The molecule has 0 aliphatic carbocycles. The average Bonchev–Trinajstić information content (AvgIpc) is 2.66. The predicted molar refractivity (Wildman–Crippen MR) is 111 cm³/mol. The van der Waals surface area contributed by atoms with Crippen LogP contribution >= 0.6 is 0 Å². The molecule has 0 amide bonds. The van der Waals surface area contributed by atoms with Gasteiger partial charge in [-0.25, -0.2) is 9.18 Å². The molecular weight excluding hydrogens is 353 g/mol. The van der Waals surface area contributed by atoms with Crippen LogP contribution in [0.25, 0.3) is 0 Å². The number of benzene rings is 3. The van der Waals surface area contributed by atoms with Gasteiger partial charge >= 0.3 is 5.97 Å². The summed E-state index contributed by atoms with van der Waals surface area (Å²) in [7, 11) is 0. The Hall–Kier alpha value is -3.14. The zero-order valence-corrected chi connectivity index (χ0v) is 16.1. The van der Waals surface area contributed by atoms with Gasteiger partial charge in [0.15, 0.2) is 0 Å². The maximum atomic E-state index is 13.5. The van der Waals surface area contributed by atoms with E-state index in [2.05, 4.69) is 37.4 Å². The minimum Gasteiger partial charge on any atom is -0.478 e. The summed E-state index contributed by atoms with van der Waals surface area (Å²) in [4.78, 5) is 11.3. The average molecular weight is 377 g/mol. The van der Waals surface area contributed by atoms with Crippen LogP contribution < -0.4 is 5.32 Å². The number of halogens is 1. The van der Waals surface area contributed by atoms with Crippen molar-refractivity contribution in [1.82, 2.24) is 0 Å². The Morgan fingerprint density at radius 2 is 1.57 bits per heavy atom.